The van der Waals surface area contributed by atoms with Gasteiger partial charge in [-0.3, -0.25) is 4.79 Å². The zero-order chi connectivity index (χ0) is 19.3. The normalized spacial score (nSPS) is 10.2. The largest absolute Gasteiger partial charge is 0.322 e. The number of benzene rings is 3. The lowest BCUT2D eigenvalue weighted by atomic mass is 10.1. The van der Waals surface area contributed by atoms with Crippen LogP contribution in [-0.4, -0.2) is 10.9 Å². The van der Waals surface area contributed by atoms with Crippen molar-refractivity contribution < 1.29 is 4.79 Å². The Morgan fingerprint density at radius 3 is 2.43 bits per heavy atom. The third-order valence-electron chi connectivity index (χ3n) is 4.22. The molecule has 5 heteroatoms. The Balaban J connectivity index is 1.54. The quantitative estimate of drug-likeness (QED) is 0.500. The van der Waals surface area contributed by atoms with Crippen LogP contribution in [0.25, 0.3) is 21.8 Å². The minimum absolute atomic E-state index is 0.218. The van der Waals surface area contributed by atoms with Crippen molar-refractivity contribution in [1.29, 1.82) is 5.26 Å². The average Bonchev–Trinajstić information content (AvgIpc) is 3.25. The predicted octanol–water partition coefficient (Wildman–Crippen LogP) is 5.60. The lowest BCUT2D eigenvalue weighted by Gasteiger charge is -2.07. The summed E-state index contributed by atoms with van der Waals surface area (Å²) in [6.45, 7) is 0. The minimum atomic E-state index is -0.218. The highest BCUT2D eigenvalue weighted by molar-refractivity contribution is 7.13. The predicted molar refractivity (Wildman–Crippen MR) is 112 cm³/mol. The van der Waals surface area contributed by atoms with E-state index in [0.717, 1.165) is 21.8 Å². The molecule has 0 fully saturated rings. The Hall–Kier alpha value is -3.75. The van der Waals surface area contributed by atoms with Gasteiger partial charge in [0.05, 0.1) is 17.3 Å². The molecule has 4 nitrogen and oxygen atoms in total. The summed E-state index contributed by atoms with van der Waals surface area (Å²) in [5.74, 6) is -0.218. The smallest absolute Gasteiger partial charge is 0.255 e. The SMILES string of the molecule is N#Cc1ccc(C(=O)Nc2cccc(-c3csc(-c4ccccc4)n3)c2)cc1. The highest BCUT2D eigenvalue weighted by Gasteiger charge is 2.09. The van der Waals surface area contributed by atoms with Gasteiger partial charge in [0.2, 0.25) is 0 Å². The van der Waals surface area contributed by atoms with Crippen LogP contribution >= 0.6 is 11.3 Å². The number of amides is 1. The Morgan fingerprint density at radius 1 is 0.929 bits per heavy atom. The van der Waals surface area contributed by atoms with E-state index in [4.69, 9.17) is 10.2 Å². The Bertz CT molecular complexity index is 1160. The standard InChI is InChI=1S/C23H15N3OS/c24-14-16-9-11-17(12-10-16)22(27)25-20-8-4-7-19(13-20)21-15-28-23(26-21)18-5-2-1-3-6-18/h1-13,15H,(H,25,27). The summed E-state index contributed by atoms with van der Waals surface area (Å²) in [6.07, 6.45) is 0. The fraction of sp³-hybridized carbons (Fsp3) is 0. The first-order valence-corrected chi connectivity index (χ1v) is 9.54. The maximum absolute atomic E-state index is 12.4. The molecule has 0 saturated heterocycles. The van der Waals surface area contributed by atoms with E-state index in [2.05, 4.69) is 5.32 Å². The van der Waals surface area contributed by atoms with E-state index in [-0.39, 0.29) is 5.91 Å². The molecule has 1 N–H and O–H groups in total. The van der Waals surface area contributed by atoms with Crippen LogP contribution in [-0.2, 0) is 0 Å². The number of nitrogens with zero attached hydrogens (tertiary/aromatic N) is 2. The number of hydrogen-bond donors (Lipinski definition) is 1. The van der Waals surface area contributed by atoms with E-state index >= 15 is 0 Å². The van der Waals surface area contributed by atoms with Crippen molar-refractivity contribution >= 4 is 22.9 Å². The lowest BCUT2D eigenvalue weighted by molar-refractivity contribution is 0.102. The fourth-order valence-corrected chi connectivity index (χ4v) is 3.61. The van der Waals surface area contributed by atoms with Crippen LogP contribution < -0.4 is 5.32 Å². The van der Waals surface area contributed by atoms with Gasteiger partial charge in [0.15, 0.2) is 0 Å². The minimum Gasteiger partial charge on any atom is -0.322 e. The molecule has 4 rings (SSSR count). The van der Waals surface area contributed by atoms with E-state index in [0.29, 0.717) is 16.8 Å². The molecule has 0 saturated carbocycles. The zero-order valence-electron chi connectivity index (χ0n) is 14.8. The van der Waals surface area contributed by atoms with Gasteiger partial charge in [-0.1, -0.05) is 42.5 Å². The molecular weight excluding hydrogens is 366 g/mol. The van der Waals surface area contributed by atoms with Gasteiger partial charge in [-0.2, -0.15) is 5.26 Å². The first kappa shape index (κ1) is 17.7. The number of carbonyl (C=O) groups excluding carboxylic acids is 1. The molecule has 0 aliphatic heterocycles. The van der Waals surface area contributed by atoms with E-state index in [1.807, 2.05) is 66.0 Å². The molecule has 134 valence electrons. The van der Waals surface area contributed by atoms with Gasteiger partial charge in [0.1, 0.15) is 5.01 Å². The van der Waals surface area contributed by atoms with Crippen molar-refractivity contribution in [2.75, 3.05) is 5.32 Å². The number of carbonyl (C=O) groups is 1. The number of nitriles is 1. The average molecular weight is 381 g/mol. The molecule has 4 aromatic rings. The van der Waals surface area contributed by atoms with Crippen molar-refractivity contribution in [3.05, 3.63) is 95.4 Å². The fourth-order valence-electron chi connectivity index (χ4n) is 2.78. The summed E-state index contributed by atoms with van der Waals surface area (Å²) in [7, 11) is 0. The molecule has 1 heterocycles. The number of thiazole rings is 1. The second-order valence-electron chi connectivity index (χ2n) is 6.13. The van der Waals surface area contributed by atoms with Crippen LogP contribution in [0.15, 0.2) is 84.2 Å². The summed E-state index contributed by atoms with van der Waals surface area (Å²) in [6, 6.07) is 26.3. The van der Waals surface area contributed by atoms with Crippen molar-refractivity contribution in [2.45, 2.75) is 0 Å². The number of anilines is 1. The Kier molecular flexibility index (Phi) is 4.96. The molecule has 0 unspecified atom stereocenters. The van der Waals surface area contributed by atoms with Gasteiger partial charge < -0.3 is 5.32 Å². The summed E-state index contributed by atoms with van der Waals surface area (Å²) >= 11 is 1.59. The monoisotopic (exact) mass is 381 g/mol. The van der Waals surface area contributed by atoms with Crippen LogP contribution in [0.5, 0.6) is 0 Å². The summed E-state index contributed by atoms with van der Waals surface area (Å²) in [5, 5.41) is 14.7. The highest BCUT2D eigenvalue weighted by Crippen LogP contribution is 2.29. The molecular formula is C23H15N3OS. The third-order valence-corrected chi connectivity index (χ3v) is 5.11. The maximum atomic E-state index is 12.4. The van der Waals surface area contributed by atoms with Crippen molar-refractivity contribution in [1.82, 2.24) is 4.98 Å². The van der Waals surface area contributed by atoms with Crippen molar-refractivity contribution in [2.24, 2.45) is 0 Å². The summed E-state index contributed by atoms with van der Waals surface area (Å²) < 4.78 is 0. The molecule has 28 heavy (non-hydrogen) atoms. The van der Waals surface area contributed by atoms with E-state index in [1.165, 1.54) is 0 Å². The van der Waals surface area contributed by atoms with Gasteiger partial charge in [0, 0.05) is 27.8 Å². The second-order valence-corrected chi connectivity index (χ2v) is 6.99. The highest BCUT2D eigenvalue weighted by atomic mass is 32.1. The van der Waals surface area contributed by atoms with E-state index in [9.17, 15) is 4.79 Å². The van der Waals surface area contributed by atoms with Gasteiger partial charge in [0.25, 0.3) is 5.91 Å². The van der Waals surface area contributed by atoms with Crippen LogP contribution in [0.2, 0.25) is 0 Å². The first-order chi connectivity index (χ1) is 13.7. The van der Waals surface area contributed by atoms with Crippen LogP contribution in [0.4, 0.5) is 5.69 Å². The number of aromatic nitrogens is 1. The summed E-state index contributed by atoms with van der Waals surface area (Å²) in [4.78, 5) is 17.2. The molecule has 0 aliphatic rings. The second kappa shape index (κ2) is 7.87. The first-order valence-electron chi connectivity index (χ1n) is 8.66. The van der Waals surface area contributed by atoms with Gasteiger partial charge in [-0.15, -0.1) is 11.3 Å². The van der Waals surface area contributed by atoms with Gasteiger partial charge in [-0.05, 0) is 36.4 Å². The van der Waals surface area contributed by atoms with Crippen LogP contribution in [0.1, 0.15) is 15.9 Å². The number of nitrogens with one attached hydrogen (secondary N) is 1. The molecule has 0 spiro atoms. The number of hydrogen-bond acceptors (Lipinski definition) is 4. The molecule has 0 atom stereocenters. The van der Waals surface area contributed by atoms with E-state index in [1.54, 1.807) is 35.6 Å². The third kappa shape index (κ3) is 3.83. The van der Waals surface area contributed by atoms with E-state index < -0.39 is 0 Å². The van der Waals surface area contributed by atoms with Crippen LogP contribution in [0.3, 0.4) is 0 Å². The topological polar surface area (TPSA) is 65.8 Å². The molecule has 1 aromatic heterocycles. The van der Waals surface area contributed by atoms with Gasteiger partial charge in [-0.25, -0.2) is 4.98 Å². The molecule has 0 aliphatic carbocycles. The van der Waals surface area contributed by atoms with Crippen molar-refractivity contribution in [3.63, 3.8) is 0 Å². The Morgan fingerprint density at radius 2 is 1.68 bits per heavy atom. The molecule has 3 aromatic carbocycles. The molecule has 1 amide bonds. The maximum Gasteiger partial charge on any atom is 0.255 e. The molecule has 0 radical (unpaired) electrons. The van der Waals surface area contributed by atoms with Gasteiger partial charge >= 0.3 is 0 Å². The van der Waals surface area contributed by atoms with Crippen molar-refractivity contribution in [3.8, 4) is 27.9 Å². The van der Waals surface area contributed by atoms with Crippen LogP contribution in [0, 0.1) is 11.3 Å². The lowest BCUT2D eigenvalue weighted by Crippen LogP contribution is -2.11. The molecule has 0 bridgehead atoms. The Labute approximate surface area is 166 Å². The summed E-state index contributed by atoms with van der Waals surface area (Å²) in [5.41, 5.74) is 4.63. The zero-order valence-corrected chi connectivity index (χ0v) is 15.6. The number of rotatable bonds is 4.